The van der Waals surface area contributed by atoms with Crippen LogP contribution < -0.4 is 0 Å². The van der Waals surface area contributed by atoms with Gasteiger partial charge in [-0.2, -0.15) is 8.78 Å². The maximum Gasteiger partial charge on any atom is 0.361 e. The van der Waals surface area contributed by atoms with Crippen molar-refractivity contribution in [2.75, 3.05) is 0 Å². The Balaban J connectivity index is 1.88. The highest BCUT2D eigenvalue weighted by atomic mass is 35.5. The summed E-state index contributed by atoms with van der Waals surface area (Å²) in [7, 11) is 0. The fraction of sp³-hybridized carbons (Fsp3) is 0.118. The van der Waals surface area contributed by atoms with Crippen LogP contribution in [-0.2, 0) is 10.7 Å². The molecule has 0 fully saturated rings. The normalized spacial score (nSPS) is 18.5. The summed E-state index contributed by atoms with van der Waals surface area (Å²) >= 11 is 5.80. The lowest BCUT2D eigenvalue weighted by Crippen LogP contribution is -2.36. The van der Waals surface area contributed by atoms with Crippen molar-refractivity contribution in [3.63, 3.8) is 0 Å². The van der Waals surface area contributed by atoms with E-state index in [1.54, 1.807) is 30.3 Å². The van der Waals surface area contributed by atoms with Crippen molar-refractivity contribution in [1.82, 2.24) is 15.0 Å². The molecule has 1 aliphatic rings. The van der Waals surface area contributed by atoms with Crippen LogP contribution in [0.2, 0.25) is 5.02 Å². The molecule has 1 atom stereocenters. The van der Waals surface area contributed by atoms with E-state index in [4.69, 9.17) is 16.3 Å². The molecule has 4 rings (SSSR count). The molecule has 0 saturated carbocycles. The van der Waals surface area contributed by atoms with Crippen LogP contribution in [-0.4, -0.2) is 21.0 Å². The third-order valence-electron chi connectivity index (χ3n) is 3.91. The summed E-state index contributed by atoms with van der Waals surface area (Å²) in [5, 5.41) is 7.70. The maximum atomic E-state index is 15.2. The predicted octanol–water partition coefficient (Wildman–Crippen LogP) is 3.92. The van der Waals surface area contributed by atoms with Gasteiger partial charge in [-0.1, -0.05) is 47.1 Å². The van der Waals surface area contributed by atoms with Crippen LogP contribution in [0.25, 0.3) is 5.69 Å². The van der Waals surface area contributed by atoms with Crippen molar-refractivity contribution in [2.24, 2.45) is 0 Å². The van der Waals surface area contributed by atoms with Crippen LogP contribution in [0.5, 0.6) is 0 Å². The number of cyclic esters (lactones) is 1. The summed E-state index contributed by atoms with van der Waals surface area (Å²) in [6.07, 6.45) is -1.79. The van der Waals surface area contributed by atoms with Crippen molar-refractivity contribution in [2.45, 2.75) is 12.0 Å². The molecule has 0 saturated heterocycles. The van der Waals surface area contributed by atoms with Gasteiger partial charge in [0.25, 0.3) is 0 Å². The number of alkyl halides is 2. The monoisotopic (exact) mass is 361 g/mol. The molecule has 0 N–H and O–H groups in total. The molecule has 2 aromatic carbocycles. The van der Waals surface area contributed by atoms with Crippen LogP contribution in [0.15, 0.2) is 54.6 Å². The third kappa shape index (κ3) is 2.47. The van der Waals surface area contributed by atoms with Gasteiger partial charge in [-0.25, -0.2) is 9.48 Å². The number of esters is 1. The fourth-order valence-electron chi connectivity index (χ4n) is 2.74. The Morgan fingerprint density at radius 3 is 2.44 bits per heavy atom. The van der Waals surface area contributed by atoms with Gasteiger partial charge >= 0.3 is 11.9 Å². The zero-order chi connectivity index (χ0) is 17.6. The first-order valence-electron chi connectivity index (χ1n) is 7.34. The zero-order valence-electron chi connectivity index (χ0n) is 12.6. The van der Waals surface area contributed by atoms with Crippen LogP contribution >= 0.6 is 11.6 Å². The molecule has 2 heterocycles. The number of hydrogen-bond acceptors (Lipinski definition) is 4. The van der Waals surface area contributed by atoms with Crippen molar-refractivity contribution >= 4 is 17.6 Å². The van der Waals surface area contributed by atoms with Gasteiger partial charge in [0.05, 0.1) is 5.69 Å². The van der Waals surface area contributed by atoms with Gasteiger partial charge < -0.3 is 4.74 Å². The van der Waals surface area contributed by atoms with Gasteiger partial charge in [0.15, 0.2) is 11.8 Å². The van der Waals surface area contributed by atoms with E-state index in [1.807, 2.05) is 0 Å². The Labute approximate surface area is 145 Å². The largest absolute Gasteiger partial charge is 0.446 e. The van der Waals surface area contributed by atoms with Crippen molar-refractivity contribution in [3.8, 4) is 5.69 Å². The first-order chi connectivity index (χ1) is 12.0. The number of hydrogen-bond donors (Lipinski definition) is 0. The molecule has 3 aromatic rings. The lowest BCUT2D eigenvalue weighted by atomic mass is 9.97. The van der Waals surface area contributed by atoms with Crippen LogP contribution in [0, 0.1) is 0 Å². The van der Waals surface area contributed by atoms with E-state index in [1.165, 1.54) is 24.3 Å². The second kappa shape index (κ2) is 5.63. The van der Waals surface area contributed by atoms with E-state index in [0.717, 1.165) is 4.68 Å². The van der Waals surface area contributed by atoms with Gasteiger partial charge in [0.1, 0.15) is 0 Å². The minimum atomic E-state index is -3.52. The molecule has 25 heavy (non-hydrogen) atoms. The van der Waals surface area contributed by atoms with E-state index in [-0.39, 0.29) is 5.56 Å². The highest BCUT2D eigenvalue weighted by Crippen LogP contribution is 2.48. The molecule has 0 radical (unpaired) electrons. The molecule has 8 heteroatoms. The van der Waals surface area contributed by atoms with E-state index in [9.17, 15) is 4.79 Å². The highest BCUT2D eigenvalue weighted by molar-refractivity contribution is 6.30. The Morgan fingerprint density at radius 2 is 1.76 bits per heavy atom. The van der Waals surface area contributed by atoms with E-state index < -0.39 is 29.4 Å². The van der Waals surface area contributed by atoms with Crippen molar-refractivity contribution in [1.29, 1.82) is 0 Å². The molecule has 0 amide bonds. The maximum absolute atomic E-state index is 15.2. The van der Waals surface area contributed by atoms with E-state index >= 15 is 8.78 Å². The highest BCUT2D eigenvalue weighted by Gasteiger charge is 2.55. The predicted molar refractivity (Wildman–Crippen MR) is 84.9 cm³/mol. The average molecular weight is 362 g/mol. The number of halogens is 3. The number of para-hydroxylation sites is 1. The summed E-state index contributed by atoms with van der Waals surface area (Å²) in [5.74, 6) is -4.46. The summed E-state index contributed by atoms with van der Waals surface area (Å²) in [6, 6.07) is 14.0. The number of carbonyl (C=O) groups is 1. The number of carbonyl (C=O) groups excluding carboxylic acids is 1. The fourth-order valence-corrected chi connectivity index (χ4v) is 2.87. The number of fused-ring (bicyclic) bond motifs is 1. The van der Waals surface area contributed by atoms with Gasteiger partial charge in [-0.05, 0) is 29.8 Å². The van der Waals surface area contributed by atoms with Gasteiger partial charge in [-0.15, -0.1) is 5.10 Å². The molecule has 0 aliphatic carbocycles. The topological polar surface area (TPSA) is 57.0 Å². The summed E-state index contributed by atoms with van der Waals surface area (Å²) in [4.78, 5) is 12.2. The molecular formula is C17H10ClF2N3O2. The molecule has 1 unspecified atom stereocenters. The summed E-state index contributed by atoms with van der Waals surface area (Å²) in [5.41, 5.74) is -0.566. The zero-order valence-corrected chi connectivity index (χ0v) is 13.3. The first kappa shape index (κ1) is 15.7. The summed E-state index contributed by atoms with van der Waals surface area (Å²) in [6.45, 7) is 0. The van der Waals surface area contributed by atoms with Crippen LogP contribution in [0.1, 0.15) is 27.8 Å². The van der Waals surface area contributed by atoms with E-state index in [0.29, 0.717) is 10.7 Å². The Hall–Kier alpha value is -2.80. The molecule has 0 spiro atoms. The average Bonchev–Trinajstić information content (AvgIpc) is 3.07. The van der Waals surface area contributed by atoms with Crippen LogP contribution in [0.4, 0.5) is 8.78 Å². The minimum Gasteiger partial charge on any atom is -0.446 e. The summed E-state index contributed by atoms with van der Waals surface area (Å²) < 4.78 is 36.3. The number of aromatic nitrogens is 3. The minimum absolute atomic E-state index is 0.134. The quantitative estimate of drug-likeness (QED) is 0.649. The lowest BCUT2D eigenvalue weighted by Gasteiger charge is -2.31. The third-order valence-corrected chi connectivity index (χ3v) is 4.16. The molecule has 0 bridgehead atoms. The van der Waals surface area contributed by atoms with Gasteiger partial charge in [0.2, 0.25) is 5.69 Å². The lowest BCUT2D eigenvalue weighted by molar-refractivity contribution is -0.137. The molecule has 5 nitrogen and oxygen atoms in total. The molecule has 1 aromatic heterocycles. The van der Waals surface area contributed by atoms with Crippen LogP contribution in [0.3, 0.4) is 0 Å². The number of rotatable bonds is 2. The SMILES string of the molecule is O=C1OC(c2ccc(Cl)cc2)C(F)(F)c2c1nnn2-c1ccccc1. The smallest absolute Gasteiger partial charge is 0.361 e. The van der Waals surface area contributed by atoms with Crippen molar-refractivity contribution < 1.29 is 18.3 Å². The first-order valence-corrected chi connectivity index (χ1v) is 7.72. The number of benzene rings is 2. The molecule has 126 valence electrons. The second-order valence-corrected chi connectivity index (χ2v) is 5.93. The second-order valence-electron chi connectivity index (χ2n) is 5.49. The Kier molecular flexibility index (Phi) is 3.54. The number of nitrogens with zero attached hydrogens (tertiary/aromatic N) is 3. The van der Waals surface area contributed by atoms with Gasteiger partial charge in [0, 0.05) is 5.02 Å². The Bertz CT molecular complexity index is 942. The molecular weight excluding hydrogens is 352 g/mol. The van der Waals surface area contributed by atoms with Gasteiger partial charge in [-0.3, -0.25) is 0 Å². The number of ether oxygens (including phenoxy) is 1. The van der Waals surface area contributed by atoms with E-state index in [2.05, 4.69) is 10.3 Å². The molecule has 1 aliphatic heterocycles. The van der Waals surface area contributed by atoms with Crippen molar-refractivity contribution in [3.05, 3.63) is 76.6 Å². The standard InChI is InChI=1S/C17H10ClF2N3O2/c18-11-8-6-10(7-9-11)15-17(19,20)14-13(16(24)25-15)21-22-23(14)12-4-2-1-3-5-12/h1-9,15H. The Morgan fingerprint density at radius 1 is 1.08 bits per heavy atom.